The molecule has 0 aromatic carbocycles. The highest BCUT2D eigenvalue weighted by Gasteiger charge is 2.21. The fraction of sp³-hybridized carbons (Fsp3) is 1.00. The minimum Gasteiger partial charge on any atom is -0.328 e. The van der Waals surface area contributed by atoms with Gasteiger partial charge in [-0.3, -0.25) is 0 Å². The van der Waals surface area contributed by atoms with E-state index in [1.54, 1.807) is 0 Å². The van der Waals surface area contributed by atoms with Crippen LogP contribution in [0.15, 0.2) is 0 Å². The Hall–Kier alpha value is -0.0800. The lowest BCUT2D eigenvalue weighted by Gasteiger charge is -2.29. The summed E-state index contributed by atoms with van der Waals surface area (Å²) in [5, 5.41) is 0. The molecule has 108 valence electrons. The molecule has 0 radical (unpaired) electrons. The first-order valence-electron chi connectivity index (χ1n) is 8.09. The highest BCUT2D eigenvalue weighted by atomic mass is 15.2. The third-order valence-electron chi connectivity index (χ3n) is 4.19. The lowest BCUT2D eigenvalue weighted by Crippen LogP contribution is -2.35. The predicted octanol–water partition coefficient (Wildman–Crippen LogP) is 3.79. The molecule has 1 rings (SSSR count). The van der Waals surface area contributed by atoms with Crippen LogP contribution in [0.1, 0.15) is 72.1 Å². The van der Waals surface area contributed by atoms with Crippen molar-refractivity contribution in [2.45, 2.75) is 84.2 Å². The third-order valence-corrected chi connectivity index (χ3v) is 4.19. The Morgan fingerprint density at radius 2 is 1.67 bits per heavy atom. The van der Waals surface area contributed by atoms with Crippen LogP contribution in [0.3, 0.4) is 0 Å². The normalized spacial score (nSPS) is 19.0. The average Bonchev–Trinajstić information content (AvgIpc) is 2.80. The van der Waals surface area contributed by atoms with Gasteiger partial charge in [-0.2, -0.15) is 0 Å². The molecule has 0 aromatic heterocycles. The van der Waals surface area contributed by atoms with Crippen molar-refractivity contribution in [3.05, 3.63) is 0 Å². The maximum absolute atomic E-state index is 5.82. The van der Waals surface area contributed by atoms with Crippen LogP contribution in [0.25, 0.3) is 0 Å². The van der Waals surface area contributed by atoms with Crippen LogP contribution in [0.4, 0.5) is 0 Å². The molecule has 2 heteroatoms. The zero-order valence-electron chi connectivity index (χ0n) is 12.8. The molecule has 0 aliphatic heterocycles. The molecule has 0 spiro atoms. The van der Waals surface area contributed by atoms with E-state index < -0.39 is 0 Å². The number of hydrogen-bond donors (Lipinski definition) is 1. The van der Waals surface area contributed by atoms with Gasteiger partial charge in [0.1, 0.15) is 0 Å². The van der Waals surface area contributed by atoms with Gasteiger partial charge in [-0.25, -0.2) is 0 Å². The smallest absolute Gasteiger partial charge is 0.00952 e. The molecule has 2 N–H and O–H groups in total. The van der Waals surface area contributed by atoms with E-state index in [0.29, 0.717) is 6.04 Å². The van der Waals surface area contributed by atoms with Crippen LogP contribution in [0.2, 0.25) is 0 Å². The summed E-state index contributed by atoms with van der Waals surface area (Å²) in [4.78, 5) is 2.77. The van der Waals surface area contributed by atoms with Crippen molar-refractivity contribution in [1.82, 2.24) is 4.90 Å². The Morgan fingerprint density at radius 1 is 1.00 bits per heavy atom. The van der Waals surface area contributed by atoms with E-state index in [2.05, 4.69) is 25.7 Å². The first kappa shape index (κ1) is 16.0. The minimum absolute atomic E-state index is 0.376. The molecule has 1 fully saturated rings. The second kappa shape index (κ2) is 8.92. The van der Waals surface area contributed by atoms with Crippen molar-refractivity contribution in [2.75, 3.05) is 13.1 Å². The zero-order valence-corrected chi connectivity index (χ0v) is 12.8. The van der Waals surface area contributed by atoms with E-state index >= 15 is 0 Å². The SMILES string of the molecule is CC(C)CCN(CCCCC(C)N)C1CCCC1. The van der Waals surface area contributed by atoms with Gasteiger partial charge in [0.2, 0.25) is 0 Å². The van der Waals surface area contributed by atoms with Crippen molar-refractivity contribution >= 4 is 0 Å². The van der Waals surface area contributed by atoms with E-state index in [1.807, 2.05) is 0 Å². The Bertz CT molecular complexity index is 195. The molecule has 2 nitrogen and oxygen atoms in total. The first-order chi connectivity index (χ1) is 8.59. The maximum Gasteiger partial charge on any atom is 0.00952 e. The minimum atomic E-state index is 0.376. The number of unbranched alkanes of at least 4 members (excludes halogenated alkanes) is 1. The molecule has 0 aromatic rings. The van der Waals surface area contributed by atoms with Crippen molar-refractivity contribution in [1.29, 1.82) is 0 Å². The molecular weight excluding hydrogens is 220 g/mol. The van der Waals surface area contributed by atoms with Gasteiger partial charge in [0.15, 0.2) is 0 Å². The molecule has 1 saturated carbocycles. The number of hydrogen-bond acceptors (Lipinski definition) is 2. The fourth-order valence-electron chi connectivity index (χ4n) is 2.95. The second-order valence-electron chi connectivity index (χ2n) is 6.63. The average molecular weight is 254 g/mol. The van der Waals surface area contributed by atoms with Gasteiger partial charge in [0.25, 0.3) is 0 Å². The lowest BCUT2D eigenvalue weighted by atomic mass is 10.1. The van der Waals surface area contributed by atoms with Crippen LogP contribution < -0.4 is 5.73 Å². The summed E-state index contributed by atoms with van der Waals surface area (Å²) in [7, 11) is 0. The second-order valence-corrected chi connectivity index (χ2v) is 6.63. The quantitative estimate of drug-likeness (QED) is 0.634. The highest BCUT2D eigenvalue weighted by Crippen LogP contribution is 2.24. The van der Waals surface area contributed by atoms with E-state index in [1.165, 1.54) is 64.5 Å². The summed E-state index contributed by atoms with van der Waals surface area (Å²) in [5.74, 6) is 0.831. The van der Waals surface area contributed by atoms with Gasteiger partial charge in [-0.05, 0) is 58.0 Å². The van der Waals surface area contributed by atoms with Gasteiger partial charge in [-0.15, -0.1) is 0 Å². The molecule has 0 saturated heterocycles. The largest absolute Gasteiger partial charge is 0.328 e. The van der Waals surface area contributed by atoms with E-state index in [-0.39, 0.29) is 0 Å². The fourth-order valence-corrected chi connectivity index (χ4v) is 2.95. The van der Waals surface area contributed by atoms with Gasteiger partial charge in [-0.1, -0.05) is 33.1 Å². The van der Waals surface area contributed by atoms with E-state index in [9.17, 15) is 0 Å². The summed E-state index contributed by atoms with van der Waals surface area (Å²) in [6.45, 7) is 9.39. The Labute approximate surface area is 114 Å². The monoisotopic (exact) mass is 254 g/mol. The molecule has 1 aliphatic rings. The van der Waals surface area contributed by atoms with Crippen LogP contribution in [-0.4, -0.2) is 30.1 Å². The predicted molar refractivity (Wildman–Crippen MR) is 80.8 cm³/mol. The summed E-state index contributed by atoms with van der Waals surface area (Å²) < 4.78 is 0. The third kappa shape index (κ3) is 6.75. The lowest BCUT2D eigenvalue weighted by molar-refractivity contribution is 0.184. The molecule has 0 heterocycles. The van der Waals surface area contributed by atoms with Gasteiger partial charge < -0.3 is 10.6 Å². The summed E-state index contributed by atoms with van der Waals surface area (Å²) in [6, 6.07) is 1.26. The van der Waals surface area contributed by atoms with Crippen molar-refractivity contribution in [2.24, 2.45) is 11.7 Å². The van der Waals surface area contributed by atoms with Crippen molar-refractivity contribution in [3.8, 4) is 0 Å². The Kier molecular flexibility index (Phi) is 7.92. The molecule has 0 amide bonds. The van der Waals surface area contributed by atoms with Crippen LogP contribution in [0, 0.1) is 5.92 Å². The summed E-state index contributed by atoms with van der Waals surface area (Å²) >= 11 is 0. The van der Waals surface area contributed by atoms with Gasteiger partial charge in [0.05, 0.1) is 0 Å². The number of nitrogens with two attached hydrogens (primary N) is 1. The molecule has 0 bridgehead atoms. The van der Waals surface area contributed by atoms with Gasteiger partial charge >= 0.3 is 0 Å². The molecule has 1 aliphatic carbocycles. The Morgan fingerprint density at radius 3 is 2.22 bits per heavy atom. The molecule has 1 atom stereocenters. The zero-order chi connectivity index (χ0) is 13.4. The van der Waals surface area contributed by atoms with E-state index in [0.717, 1.165) is 12.0 Å². The Balaban J connectivity index is 2.25. The number of rotatable bonds is 9. The number of nitrogens with zero attached hydrogens (tertiary/aromatic N) is 1. The topological polar surface area (TPSA) is 29.3 Å². The first-order valence-corrected chi connectivity index (χ1v) is 8.09. The molecular formula is C16H34N2. The molecule has 1 unspecified atom stereocenters. The van der Waals surface area contributed by atoms with Crippen molar-refractivity contribution < 1.29 is 0 Å². The standard InChI is InChI=1S/C16H34N2/c1-14(2)11-13-18(16-9-4-5-10-16)12-7-6-8-15(3)17/h14-16H,4-13,17H2,1-3H3. The van der Waals surface area contributed by atoms with Crippen LogP contribution >= 0.6 is 0 Å². The van der Waals surface area contributed by atoms with Gasteiger partial charge in [0, 0.05) is 12.1 Å². The summed E-state index contributed by atoms with van der Waals surface area (Å²) in [5.41, 5.74) is 5.82. The van der Waals surface area contributed by atoms with E-state index in [4.69, 9.17) is 5.73 Å². The highest BCUT2D eigenvalue weighted by molar-refractivity contribution is 4.77. The van der Waals surface area contributed by atoms with Crippen LogP contribution in [0.5, 0.6) is 0 Å². The maximum atomic E-state index is 5.82. The summed E-state index contributed by atoms with van der Waals surface area (Å²) in [6.07, 6.45) is 10.9. The van der Waals surface area contributed by atoms with Crippen molar-refractivity contribution in [3.63, 3.8) is 0 Å². The molecule has 18 heavy (non-hydrogen) atoms. The van der Waals surface area contributed by atoms with Crippen LogP contribution in [-0.2, 0) is 0 Å².